The SMILES string of the molecule is O=C(O)CCCCCCCCCCC12CC(F)(C1)C2. The highest BCUT2D eigenvalue weighted by Crippen LogP contribution is 2.71. The fraction of sp³-hybridized carbons (Fsp3) is 0.938. The second-order valence-corrected chi connectivity index (χ2v) is 6.90. The smallest absolute Gasteiger partial charge is 0.303 e. The molecule has 3 fully saturated rings. The van der Waals surface area contributed by atoms with Crippen molar-refractivity contribution in [2.45, 2.75) is 89.1 Å². The highest BCUT2D eigenvalue weighted by atomic mass is 19.1. The third kappa shape index (κ3) is 4.19. The molecule has 0 spiro atoms. The lowest BCUT2D eigenvalue weighted by Crippen LogP contribution is -2.64. The first kappa shape index (κ1) is 14.8. The Bertz CT molecular complexity index is 294. The van der Waals surface area contributed by atoms with E-state index in [9.17, 15) is 9.18 Å². The molecule has 19 heavy (non-hydrogen) atoms. The molecule has 3 saturated carbocycles. The van der Waals surface area contributed by atoms with Crippen LogP contribution in [0, 0.1) is 5.41 Å². The van der Waals surface area contributed by atoms with Crippen LogP contribution < -0.4 is 0 Å². The number of alkyl halides is 1. The molecular formula is C16H27FO2. The van der Waals surface area contributed by atoms with Gasteiger partial charge in [0, 0.05) is 6.42 Å². The molecule has 3 rings (SSSR count). The fourth-order valence-corrected chi connectivity index (χ4v) is 3.96. The van der Waals surface area contributed by atoms with Crippen molar-refractivity contribution < 1.29 is 14.3 Å². The third-order valence-corrected chi connectivity index (χ3v) is 4.92. The zero-order chi connectivity index (χ0) is 13.8. The summed E-state index contributed by atoms with van der Waals surface area (Å²) >= 11 is 0. The van der Waals surface area contributed by atoms with Crippen molar-refractivity contribution in [1.82, 2.24) is 0 Å². The normalized spacial score (nSPS) is 31.6. The van der Waals surface area contributed by atoms with Gasteiger partial charge in [0.05, 0.1) is 0 Å². The molecule has 110 valence electrons. The molecule has 0 heterocycles. The van der Waals surface area contributed by atoms with Gasteiger partial charge in [0.2, 0.25) is 0 Å². The van der Waals surface area contributed by atoms with Crippen molar-refractivity contribution in [2.24, 2.45) is 5.41 Å². The molecule has 0 atom stereocenters. The van der Waals surface area contributed by atoms with Crippen LogP contribution in [0.25, 0.3) is 0 Å². The maximum absolute atomic E-state index is 13.3. The number of hydrogen-bond donors (Lipinski definition) is 1. The van der Waals surface area contributed by atoms with E-state index in [4.69, 9.17) is 5.11 Å². The Balaban J connectivity index is 1.31. The topological polar surface area (TPSA) is 37.3 Å². The Kier molecular flexibility index (Phi) is 4.86. The summed E-state index contributed by atoms with van der Waals surface area (Å²) in [4.78, 5) is 10.3. The van der Waals surface area contributed by atoms with E-state index in [2.05, 4.69) is 0 Å². The number of carboxylic acids is 1. The molecule has 0 aliphatic heterocycles. The molecule has 0 radical (unpaired) electrons. The van der Waals surface area contributed by atoms with Gasteiger partial charge in [0.25, 0.3) is 0 Å². The van der Waals surface area contributed by atoms with Gasteiger partial charge in [-0.25, -0.2) is 4.39 Å². The Hall–Kier alpha value is -0.600. The molecule has 0 saturated heterocycles. The molecule has 0 aromatic carbocycles. The number of rotatable bonds is 11. The van der Waals surface area contributed by atoms with Crippen LogP contribution in [-0.4, -0.2) is 16.7 Å². The van der Waals surface area contributed by atoms with Crippen LogP contribution in [0.2, 0.25) is 0 Å². The minimum Gasteiger partial charge on any atom is -0.481 e. The number of aliphatic carboxylic acids is 1. The van der Waals surface area contributed by atoms with Gasteiger partial charge in [-0.3, -0.25) is 4.79 Å². The van der Waals surface area contributed by atoms with Gasteiger partial charge in [0.15, 0.2) is 0 Å². The minimum absolute atomic E-state index is 0.318. The molecule has 2 bridgehead atoms. The molecule has 1 N–H and O–H groups in total. The predicted octanol–water partition coefficient (Wildman–Crippen LogP) is 4.86. The molecule has 3 heteroatoms. The zero-order valence-electron chi connectivity index (χ0n) is 11.9. The van der Waals surface area contributed by atoms with Gasteiger partial charge in [-0.1, -0.05) is 44.9 Å². The van der Waals surface area contributed by atoms with Crippen LogP contribution in [0.1, 0.15) is 83.5 Å². The van der Waals surface area contributed by atoms with Crippen LogP contribution >= 0.6 is 0 Å². The van der Waals surface area contributed by atoms with Gasteiger partial charge in [-0.2, -0.15) is 0 Å². The summed E-state index contributed by atoms with van der Waals surface area (Å²) in [6.45, 7) is 0. The Labute approximate surface area is 115 Å². The Morgan fingerprint density at radius 2 is 1.37 bits per heavy atom. The van der Waals surface area contributed by atoms with Crippen LogP contribution in [0.15, 0.2) is 0 Å². The summed E-state index contributed by atoms with van der Waals surface area (Å²) in [6.07, 6.45) is 13.5. The van der Waals surface area contributed by atoms with E-state index >= 15 is 0 Å². The van der Waals surface area contributed by atoms with Gasteiger partial charge in [-0.05, 0) is 37.5 Å². The Morgan fingerprint density at radius 3 is 1.84 bits per heavy atom. The van der Waals surface area contributed by atoms with Crippen molar-refractivity contribution in [3.05, 3.63) is 0 Å². The molecule has 0 amide bonds. The average molecular weight is 270 g/mol. The first-order valence-corrected chi connectivity index (χ1v) is 7.95. The summed E-state index contributed by atoms with van der Waals surface area (Å²) in [5.41, 5.74) is -0.290. The third-order valence-electron chi connectivity index (χ3n) is 4.92. The van der Waals surface area contributed by atoms with E-state index in [0.717, 1.165) is 32.1 Å². The summed E-state index contributed by atoms with van der Waals surface area (Å²) in [5.74, 6) is -0.677. The molecule has 0 unspecified atom stereocenters. The monoisotopic (exact) mass is 270 g/mol. The summed E-state index contributed by atoms with van der Waals surface area (Å²) in [6, 6.07) is 0. The molecule has 0 aromatic heterocycles. The number of unbranched alkanes of at least 4 members (excludes halogenated alkanes) is 7. The van der Waals surface area contributed by atoms with E-state index in [1.54, 1.807) is 0 Å². The second-order valence-electron chi connectivity index (χ2n) is 6.90. The number of hydrogen-bond acceptors (Lipinski definition) is 1. The van der Waals surface area contributed by atoms with E-state index in [-0.39, 0.29) is 0 Å². The maximum Gasteiger partial charge on any atom is 0.303 e. The summed E-state index contributed by atoms with van der Waals surface area (Å²) in [5, 5.41) is 8.50. The number of carboxylic acid groups (broad SMARTS) is 1. The lowest BCUT2D eigenvalue weighted by atomic mass is 9.41. The quantitative estimate of drug-likeness (QED) is 0.544. The Morgan fingerprint density at radius 1 is 0.895 bits per heavy atom. The van der Waals surface area contributed by atoms with Gasteiger partial charge in [-0.15, -0.1) is 0 Å². The maximum atomic E-state index is 13.3. The fourth-order valence-electron chi connectivity index (χ4n) is 3.96. The lowest BCUT2D eigenvalue weighted by Gasteiger charge is -2.66. The van der Waals surface area contributed by atoms with Crippen molar-refractivity contribution in [1.29, 1.82) is 0 Å². The van der Waals surface area contributed by atoms with Crippen molar-refractivity contribution in [3.63, 3.8) is 0 Å². The zero-order valence-corrected chi connectivity index (χ0v) is 11.9. The van der Waals surface area contributed by atoms with Crippen LogP contribution in [0.5, 0.6) is 0 Å². The molecule has 3 aliphatic carbocycles. The molecule has 3 aliphatic rings. The van der Waals surface area contributed by atoms with Crippen molar-refractivity contribution >= 4 is 5.97 Å². The minimum atomic E-state index is -0.726. The van der Waals surface area contributed by atoms with E-state index in [0.29, 0.717) is 11.8 Å². The molecule has 0 aromatic rings. The highest BCUT2D eigenvalue weighted by Gasteiger charge is 2.68. The van der Waals surface area contributed by atoms with Gasteiger partial charge < -0.3 is 5.11 Å². The summed E-state index contributed by atoms with van der Waals surface area (Å²) in [7, 11) is 0. The standard InChI is InChI=1S/C16H27FO2/c17-16-11-15(12-16,13-16)10-8-6-4-2-1-3-5-7-9-14(18)19/h1-13H2,(H,18,19). The van der Waals surface area contributed by atoms with Gasteiger partial charge >= 0.3 is 5.97 Å². The van der Waals surface area contributed by atoms with Crippen LogP contribution in [0.4, 0.5) is 4.39 Å². The van der Waals surface area contributed by atoms with Crippen molar-refractivity contribution in [2.75, 3.05) is 0 Å². The molecule has 2 nitrogen and oxygen atoms in total. The van der Waals surface area contributed by atoms with E-state index in [1.807, 2.05) is 0 Å². The van der Waals surface area contributed by atoms with Gasteiger partial charge in [0.1, 0.15) is 5.67 Å². The highest BCUT2D eigenvalue weighted by molar-refractivity contribution is 5.66. The van der Waals surface area contributed by atoms with Crippen LogP contribution in [0.3, 0.4) is 0 Å². The first-order valence-electron chi connectivity index (χ1n) is 7.95. The van der Waals surface area contributed by atoms with E-state index in [1.165, 1.54) is 44.9 Å². The first-order chi connectivity index (χ1) is 9.04. The molecular weight excluding hydrogens is 243 g/mol. The number of carbonyl (C=O) groups is 1. The second kappa shape index (κ2) is 6.23. The number of halogens is 1. The lowest BCUT2D eigenvalue weighted by molar-refractivity contribution is -0.217. The average Bonchev–Trinajstić information content (AvgIpc) is 2.27. The van der Waals surface area contributed by atoms with Crippen LogP contribution in [-0.2, 0) is 4.79 Å². The summed E-state index contributed by atoms with van der Waals surface area (Å²) < 4.78 is 13.3. The largest absolute Gasteiger partial charge is 0.481 e. The predicted molar refractivity (Wildman–Crippen MR) is 73.9 cm³/mol. The van der Waals surface area contributed by atoms with E-state index < -0.39 is 11.6 Å². The van der Waals surface area contributed by atoms with Crippen molar-refractivity contribution in [3.8, 4) is 0 Å².